The minimum atomic E-state index is 0.161. The van der Waals surface area contributed by atoms with Crippen LogP contribution >= 0.6 is 0 Å². The third kappa shape index (κ3) is 2.82. The molecule has 96 valence electrons. The fourth-order valence-electron chi connectivity index (χ4n) is 3.28. The van der Waals surface area contributed by atoms with E-state index < -0.39 is 0 Å². The van der Waals surface area contributed by atoms with Gasteiger partial charge >= 0.3 is 0 Å². The van der Waals surface area contributed by atoms with E-state index >= 15 is 0 Å². The summed E-state index contributed by atoms with van der Waals surface area (Å²) in [6, 6.07) is 0.161. The van der Waals surface area contributed by atoms with Crippen molar-refractivity contribution >= 4 is 5.91 Å². The van der Waals surface area contributed by atoms with Gasteiger partial charge < -0.3 is 0 Å². The van der Waals surface area contributed by atoms with E-state index in [1.54, 1.807) is 0 Å². The SMILES string of the molecule is O=C1C(CC2CC2)NN1CCCC1CCCC1. The molecule has 0 spiro atoms. The van der Waals surface area contributed by atoms with Crippen LogP contribution in [0.4, 0.5) is 0 Å². The molecule has 3 rings (SSSR count). The largest absolute Gasteiger partial charge is 0.276 e. The lowest BCUT2D eigenvalue weighted by molar-refractivity contribution is -0.153. The van der Waals surface area contributed by atoms with Gasteiger partial charge in [-0.05, 0) is 31.1 Å². The number of carbonyl (C=O) groups excluding carboxylic acids is 1. The molecule has 1 unspecified atom stereocenters. The molecular formula is C14H24N2O. The zero-order valence-electron chi connectivity index (χ0n) is 10.7. The summed E-state index contributed by atoms with van der Waals surface area (Å²) in [6.45, 7) is 0.927. The Morgan fingerprint density at radius 1 is 1.12 bits per heavy atom. The van der Waals surface area contributed by atoms with Crippen LogP contribution in [0, 0.1) is 11.8 Å². The summed E-state index contributed by atoms with van der Waals surface area (Å²) < 4.78 is 0. The maximum atomic E-state index is 11.8. The first-order valence-corrected chi connectivity index (χ1v) is 7.40. The molecule has 0 bridgehead atoms. The number of hydrogen-bond acceptors (Lipinski definition) is 2. The molecule has 3 fully saturated rings. The second kappa shape index (κ2) is 4.97. The van der Waals surface area contributed by atoms with Crippen LogP contribution in [-0.2, 0) is 4.79 Å². The van der Waals surface area contributed by atoms with Gasteiger partial charge in [0.1, 0.15) is 6.04 Å². The topological polar surface area (TPSA) is 32.3 Å². The van der Waals surface area contributed by atoms with Crippen molar-refractivity contribution in [3.05, 3.63) is 0 Å². The van der Waals surface area contributed by atoms with Crippen LogP contribution in [0.1, 0.15) is 57.8 Å². The molecule has 17 heavy (non-hydrogen) atoms. The highest BCUT2D eigenvalue weighted by atomic mass is 16.2. The van der Waals surface area contributed by atoms with E-state index in [4.69, 9.17) is 0 Å². The Hall–Kier alpha value is -0.570. The highest BCUT2D eigenvalue weighted by Crippen LogP contribution is 2.35. The molecule has 1 heterocycles. The third-order valence-electron chi connectivity index (χ3n) is 4.61. The summed E-state index contributed by atoms with van der Waals surface area (Å²) >= 11 is 0. The van der Waals surface area contributed by atoms with E-state index in [1.807, 2.05) is 5.01 Å². The molecule has 3 heteroatoms. The van der Waals surface area contributed by atoms with E-state index in [-0.39, 0.29) is 6.04 Å². The fraction of sp³-hybridized carbons (Fsp3) is 0.929. The highest BCUT2D eigenvalue weighted by molar-refractivity contribution is 5.86. The Kier molecular flexibility index (Phi) is 3.37. The molecule has 0 radical (unpaired) electrons. The molecule has 1 amide bonds. The van der Waals surface area contributed by atoms with Crippen LogP contribution in [0.3, 0.4) is 0 Å². The average molecular weight is 236 g/mol. The number of nitrogens with zero attached hydrogens (tertiary/aromatic N) is 1. The van der Waals surface area contributed by atoms with Crippen molar-refractivity contribution in [2.75, 3.05) is 6.54 Å². The van der Waals surface area contributed by atoms with E-state index in [0.717, 1.165) is 24.8 Å². The van der Waals surface area contributed by atoms with Crippen LogP contribution in [0.25, 0.3) is 0 Å². The molecular weight excluding hydrogens is 212 g/mol. The van der Waals surface area contributed by atoms with Crippen molar-refractivity contribution in [2.24, 2.45) is 11.8 Å². The van der Waals surface area contributed by atoms with E-state index in [9.17, 15) is 4.79 Å². The number of nitrogens with one attached hydrogen (secondary N) is 1. The Bertz CT molecular complexity index is 282. The third-order valence-corrected chi connectivity index (χ3v) is 4.61. The van der Waals surface area contributed by atoms with Gasteiger partial charge in [-0.3, -0.25) is 9.80 Å². The van der Waals surface area contributed by atoms with Gasteiger partial charge in [-0.2, -0.15) is 0 Å². The zero-order valence-corrected chi connectivity index (χ0v) is 10.7. The van der Waals surface area contributed by atoms with E-state index in [1.165, 1.54) is 51.4 Å². The van der Waals surface area contributed by atoms with Crippen LogP contribution in [0.5, 0.6) is 0 Å². The zero-order chi connectivity index (χ0) is 11.7. The maximum Gasteiger partial charge on any atom is 0.255 e. The lowest BCUT2D eigenvalue weighted by Gasteiger charge is -2.39. The molecule has 0 aromatic rings. The molecule has 2 aliphatic carbocycles. The van der Waals surface area contributed by atoms with Crippen LogP contribution in [-0.4, -0.2) is 23.5 Å². The summed E-state index contributed by atoms with van der Waals surface area (Å²) in [7, 11) is 0. The summed E-state index contributed by atoms with van der Waals surface area (Å²) in [5.74, 6) is 2.15. The average Bonchev–Trinajstić information content (AvgIpc) is 3.01. The van der Waals surface area contributed by atoms with Gasteiger partial charge in [-0.25, -0.2) is 5.43 Å². The minimum Gasteiger partial charge on any atom is -0.276 e. The van der Waals surface area contributed by atoms with Gasteiger partial charge in [0, 0.05) is 6.54 Å². The molecule has 1 saturated heterocycles. The Morgan fingerprint density at radius 2 is 1.88 bits per heavy atom. The number of hydrogen-bond donors (Lipinski definition) is 1. The summed E-state index contributed by atoms with van der Waals surface area (Å²) in [5, 5.41) is 1.85. The quantitative estimate of drug-likeness (QED) is 0.768. The van der Waals surface area contributed by atoms with Crippen molar-refractivity contribution in [3.63, 3.8) is 0 Å². The number of carbonyl (C=O) groups is 1. The predicted molar refractivity (Wildman–Crippen MR) is 67.2 cm³/mol. The number of rotatable bonds is 6. The van der Waals surface area contributed by atoms with Crippen molar-refractivity contribution in [2.45, 2.75) is 63.8 Å². The highest BCUT2D eigenvalue weighted by Gasteiger charge is 2.39. The van der Waals surface area contributed by atoms with Crippen molar-refractivity contribution in [1.29, 1.82) is 0 Å². The van der Waals surface area contributed by atoms with Gasteiger partial charge in [0.25, 0.3) is 5.91 Å². The first-order valence-electron chi connectivity index (χ1n) is 7.40. The van der Waals surface area contributed by atoms with Gasteiger partial charge in [0.2, 0.25) is 0 Å². The Balaban J connectivity index is 1.29. The van der Waals surface area contributed by atoms with Crippen LogP contribution in [0.15, 0.2) is 0 Å². The first-order chi connectivity index (χ1) is 8.33. The maximum absolute atomic E-state index is 11.8. The molecule has 3 aliphatic rings. The van der Waals surface area contributed by atoms with Crippen LogP contribution in [0.2, 0.25) is 0 Å². The lowest BCUT2D eigenvalue weighted by atomic mass is 10.0. The number of hydrazine groups is 1. The Labute approximate surface area is 104 Å². The van der Waals surface area contributed by atoms with Gasteiger partial charge in [-0.1, -0.05) is 38.5 Å². The van der Waals surface area contributed by atoms with Gasteiger partial charge in [-0.15, -0.1) is 0 Å². The standard InChI is InChI=1S/C14H24N2O/c17-14-13(10-12-7-8-12)15-16(14)9-3-6-11-4-1-2-5-11/h11-13,15H,1-10H2. The van der Waals surface area contributed by atoms with Gasteiger partial charge in [0.15, 0.2) is 0 Å². The molecule has 3 nitrogen and oxygen atoms in total. The molecule has 1 N–H and O–H groups in total. The molecule has 0 aromatic heterocycles. The van der Waals surface area contributed by atoms with Crippen LogP contribution < -0.4 is 5.43 Å². The normalized spacial score (nSPS) is 29.8. The first kappa shape index (κ1) is 11.5. The molecule has 1 atom stereocenters. The minimum absolute atomic E-state index is 0.161. The van der Waals surface area contributed by atoms with E-state index in [0.29, 0.717) is 5.91 Å². The number of amides is 1. The summed E-state index contributed by atoms with van der Waals surface area (Å²) in [4.78, 5) is 11.8. The predicted octanol–water partition coefficient (Wildman–Crippen LogP) is 2.47. The smallest absolute Gasteiger partial charge is 0.255 e. The molecule has 2 saturated carbocycles. The van der Waals surface area contributed by atoms with Crippen molar-refractivity contribution in [3.8, 4) is 0 Å². The monoisotopic (exact) mass is 236 g/mol. The summed E-state index contributed by atoms with van der Waals surface area (Å²) in [5.41, 5.74) is 3.31. The second-order valence-electron chi connectivity index (χ2n) is 6.14. The van der Waals surface area contributed by atoms with E-state index in [2.05, 4.69) is 5.43 Å². The summed E-state index contributed by atoms with van der Waals surface area (Å²) in [6.07, 6.45) is 12.0. The fourth-order valence-corrected chi connectivity index (χ4v) is 3.28. The van der Waals surface area contributed by atoms with Crippen molar-refractivity contribution in [1.82, 2.24) is 10.4 Å². The molecule has 1 aliphatic heterocycles. The molecule has 0 aromatic carbocycles. The Morgan fingerprint density at radius 3 is 2.53 bits per heavy atom. The van der Waals surface area contributed by atoms with Gasteiger partial charge in [0.05, 0.1) is 0 Å². The van der Waals surface area contributed by atoms with Crippen molar-refractivity contribution < 1.29 is 4.79 Å². The second-order valence-corrected chi connectivity index (χ2v) is 6.14. The lowest BCUT2D eigenvalue weighted by Crippen LogP contribution is -2.66.